The maximum Gasteiger partial charge on any atom is 0.0501 e. The fourth-order valence-electron chi connectivity index (χ4n) is 2.04. The lowest BCUT2D eigenvalue weighted by Gasteiger charge is -2.27. The average Bonchev–Trinajstić information content (AvgIpc) is 2.15. The molecular formula is C10H14O4-2. The number of hydrogen-bond acceptors (Lipinski definition) is 4. The molecule has 0 bridgehead atoms. The molecule has 1 rings (SSSR count). The summed E-state index contributed by atoms with van der Waals surface area (Å²) in [6.45, 7) is 0. The number of carbonyl (C=O) groups excluding carboxylic acids is 2. The zero-order valence-electron chi connectivity index (χ0n) is 8.03. The molecule has 0 aromatic rings. The van der Waals surface area contributed by atoms with Crippen molar-refractivity contribution in [3.05, 3.63) is 0 Å². The summed E-state index contributed by atoms with van der Waals surface area (Å²) in [6, 6.07) is 0. The lowest BCUT2D eigenvalue weighted by Crippen LogP contribution is -2.44. The van der Waals surface area contributed by atoms with Crippen LogP contribution in [0.25, 0.3) is 0 Å². The van der Waals surface area contributed by atoms with E-state index in [1.807, 2.05) is 0 Å². The summed E-state index contributed by atoms with van der Waals surface area (Å²) in [4.78, 5) is 21.0. The van der Waals surface area contributed by atoms with Crippen molar-refractivity contribution in [1.29, 1.82) is 0 Å². The van der Waals surface area contributed by atoms with Crippen molar-refractivity contribution >= 4 is 11.9 Å². The second kappa shape index (κ2) is 4.98. The second-order valence-corrected chi connectivity index (χ2v) is 3.93. The monoisotopic (exact) mass is 198 g/mol. The first kappa shape index (κ1) is 11.0. The molecule has 4 heteroatoms. The third-order valence-electron chi connectivity index (χ3n) is 2.86. The summed E-state index contributed by atoms with van der Waals surface area (Å²) in [6.07, 6.45) is 5.32. The summed E-state index contributed by atoms with van der Waals surface area (Å²) in [5.74, 6) is -4.26. The molecule has 4 nitrogen and oxygen atoms in total. The van der Waals surface area contributed by atoms with Crippen LogP contribution in [-0.4, -0.2) is 11.9 Å². The Balaban J connectivity index is 2.45. The highest BCUT2D eigenvalue weighted by Gasteiger charge is 2.20. The minimum Gasteiger partial charge on any atom is -0.549 e. The number of rotatable bonds is 4. The van der Waals surface area contributed by atoms with Gasteiger partial charge in [0.2, 0.25) is 0 Å². The molecule has 0 aromatic heterocycles. The second-order valence-electron chi connectivity index (χ2n) is 3.93. The molecule has 1 aliphatic carbocycles. The van der Waals surface area contributed by atoms with Crippen LogP contribution in [0.5, 0.6) is 0 Å². The minimum atomic E-state index is -1.52. The van der Waals surface area contributed by atoms with E-state index >= 15 is 0 Å². The molecular weight excluding hydrogens is 184 g/mol. The van der Waals surface area contributed by atoms with Gasteiger partial charge in [-0.15, -0.1) is 0 Å². The Morgan fingerprint density at radius 2 is 1.57 bits per heavy atom. The lowest BCUT2D eigenvalue weighted by molar-refractivity contribution is -0.332. The molecule has 80 valence electrons. The molecule has 0 radical (unpaired) electrons. The lowest BCUT2D eigenvalue weighted by atomic mass is 9.83. The topological polar surface area (TPSA) is 80.3 Å². The molecule has 0 atom stereocenters. The molecule has 0 aromatic carbocycles. The van der Waals surface area contributed by atoms with Gasteiger partial charge in [0.1, 0.15) is 0 Å². The van der Waals surface area contributed by atoms with E-state index in [-0.39, 0.29) is 12.3 Å². The fraction of sp³-hybridized carbons (Fsp3) is 0.800. The van der Waals surface area contributed by atoms with Crippen molar-refractivity contribution in [2.75, 3.05) is 0 Å². The third kappa shape index (κ3) is 3.01. The predicted octanol–water partition coefficient (Wildman–Crippen LogP) is -0.927. The zero-order chi connectivity index (χ0) is 10.6. The Morgan fingerprint density at radius 3 is 2.00 bits per heavy atom. The van der Waals surface area contributed by atoms with Crippen LogP contribution < -0.4 is 10.2 Å². The number of carboxylic acids is 2. The standard InChI is InChI=1S/C10H16O4/c11-9(12)8(10(13)14)6-7-4-2-1-3-5-7/h7-8H,1-6H2,(H,11,12)(H,13,14)/p-2. The SMILES string of the molecule is O=C([O-])C(CC1CCCCC1)C(=O)[O-]. The smallest absolute Gasteiger partial charge is 0.0501 e. The first-order valence-electron chi connectivity index (χ1n) is 5.03. The Kier molecular flexibility index (Phi) is 3.92. The van der Waals surface area contributed by atoms with Crippen molar-refractivity contribution in [2.24, 2.45) is 11.8 Å². The normalized spacial score (nSPS) is 18.4. The average molecular weight is 198 g/mol. The molecule has 0 unspecified atom stereocenters. The van der Waals surface area contributed by atoms with Crippen molar-refractivity contribution in [3.63, 3.8) is 0 Å². The van der Waals surface area contributed by atoms with Gasteiger partial charge in [0.25, 0.3) is 0 Å². The Hall–Kier alpha value is -1.06. The number of carboxylic acid groups (broad SMARTS) is 2. The largest absolute Gasteiger partial charge is 0.549 e. The summed E-state index contributed by atoms with van der Waals surface area (Å²) in [7, 11) is 0. The number of hydrogen-bond donors (Lipinski definition) is 0. The molecule has 0 spiro atoms. The molecule has 0 heterocycles. The van der Waals surface area contributed by atoms with E-state index in [1.165, 1.54) is 0 Å². The van der Waals surface area contributed by atoms with Gasteiger partial charge in [-0.25, -0.2) is 0 Å². The molecule has 0 saturated heterocycles. The Labute approximate surface area is 82.9 Å². The Bertz CT molecular complexity index is 204. The first-order chi connectivity index (χ1) is 6.61. The van der Waals surface area contributed by atoms with Gasteiger partial charge in [-0.1, -0.05) is 32.1 Å². The van der Waals surface area contributed by atoms with E-state index < -0.39 is 17.9 Å². The predicted molar refractivity (Wildman–Crippen MR) is 44.7 cm³/mol. The summed E-state index contributed by atoms with van der Waals surface area (Å²) in [5, 5.41) is 21.0. The van der Waals surface area contributed by atoms with Crippen LogP contribution in [0.15, 0.2) is 0 Å². The van der Waals surface area contributed by atoms with E-state index in [1.54, 1.807) is 0 Å². The van der Waals surface area contributed by atoms with Crippen LogP contribution >= 0.6 is 0 Å². The highest BCUT2D eigenvalue weighted by atomic mass is 16.4. The van der Waals surface area contributed by atoms with Crippen LogP contribution in [0.3, 0.4) is 0 Å². The molecule has 0 aliphatic heterocycles. The summed E-state index contributed by atoms with van der Waals surface area (Å²) < 4.78 is 0. The van der Waals surface area contributed by atoms with Gasteiger partial charge in [-0.05, 0) is 12.3 Å². The third-order valence-corrected chi connectivity index (χ3v) is 2.86. The van der Waals surface area contributed by atoms with Crippen LogP contribution in [-0.2, 0) is 9.59 Å². The highest BCUT2D eigenvalue weighted by molar-refractivity contribution is 5.90. The van der Waals surface area contributed by atoms with E-state index in [0.29, 0.717) is 0 Å². The zero-order valence-corrected chi connectivity index (χ0v) is 8.03. The van der Waals surface area contributed by atoms with Gasteiger partial charge >= 0.3 is 0 Å². The minimum absolute atomic E-state index is 0.171. The van der Waals surface area contributed by atoms with Crippen LogP contribution in [0.1, 0.15) is 38.5 Å². The molecule has 1 saturated carbocycles. The van der Waals surface area contributed by atoms with Crippen molar-refractivity contribution < 1.29 is 19.8 Å². The van der Waals surface area contributed by atoms with E-state index in [0.717, 1.165) is 32.1 Å². The maximum absolute atomic E-state index is 10.5. The Morgan fingerprint density at radius 1 is 1.07 bits per heavy atom. The van der Waals surface area contributed by atoms with Crippen LogP contribution in [0.4, 0.5) is 0 Å². The highest BCUT2D eigenvalue weighted by Crippen LogP contribution is 2.28. The molecule has 1 fully saturated rings. The van der Waals surface area contributed by atoms with Crippen LogP contribution in [0, 0.1) is 11.8 Å². The molecule has 0 N–H and O–H groups in total. The van der Waals surface area contributed by atoms with Gasteiger partial charge < -0.3 is 19.8 Å². The van der Waals surface area contributed by atoms with E-state index in [9.17, 15) is 19.8 Å². The molecule has 14 heavy (non-hydrogen) atoms. The molecule has 0 amide bonds. The van der Waals surface area contributed by atoms with Crippen molar-refractivity contribution in [3.8, 4) is 0 Å². The maximum atomic E-state index is 10.5. The van der Waals surface area contributed by atoms with Gasteiger partial charge in [0.05, 0.1) is 11.9 Å². The summed E-state index contributed by atoms with van der Waals surface area (Å²) in [5.41, 5.74) is 0. The fourth-order valence-corrected chi connectivity index (χ4v) is 2.04. The van der Waals surface area contributed by atoms with Crippen LogP contribution in [0.2, 0.25) is 0 Å². The number of carbonyl (C=O) groups is 2. The van der Waals surface area contributed by atoms with Gasteiger partial charge in [0, 0.05) is 5.92 Å². The van der Waals surface area contributed by atoms with Gasteiger partial charge in [-0.2, -0.15) is 0 Å². The summed E-state index contributed by atoms with van der Waals surface area (Å²) >= 11 is 0. The van der Waals surface area contributed by atoms with Crippen molar-refractivity contribution in [2.45, 2.75) is 38.5 Å². The molecule has 1 aliphatic rings. The quantitative estimate of drug-likeness (QED) is 0.547. The first-order valence-corrected chi connectivity index (χ1v) is 5.03. The van der Waals surface area contributed by atoms with Gasteiger partial charge in [-0.3, -0.25) is 0 Å². The van der Waals surface area contributed by atoms with E-state index in [4.69, 9.17) is 0 Å². The van der Waals surface area contributed by atoms with Crippen molar-refractivity contribution in [1.82, 2.24) is 0 Å². The van der Waals surface area contributed by atoms with Gasteiger partial charge in [0.15, 0.2) is 0 Å². The number of aliphatic carboxylic acids is 2. The van der Waals surface area contributed by atoms with E-state index in [2.05, 4.69) is 0 Å².